The third-order valence-corrected chi connectivity index (χ3v) is 4.53. The Labute approximate surface area is 180 Å². The molecule has 164 valence electrons. The molecular weight excluding hydrogens is 402 g/mol. The van der Waals surface area contributed by atoms with E-state index < -0.39 is 6.10 Å². The van der Waals surface area contributed by atoms with Crippen LogP contribution >= 0.6 is 0 Å². The number of aromatic nitrogens is 2. The normalized spacial score (nSPS) is 11.5. The lowest BCUT2D eigenvalue weighted by Crippen LogP contribution is -2.37. The van der Waals surface area contributed by atoms with E-state index in [2.05, 4.69) is 15.5 Å². The number of carbonyl (C=O) groups excluding carboxylic acids is 1. The smallest absolute Gasteiger partial charge is 0.261 e. The second kappa shape index (κ2) is 10.3. The molecule has 2 aromatic carbocycles. The molecule has 1 N–H and O–H groups in total. The van der Waals surface area contributed by atoms with Gasteiger partial charge in [0.1, 0.15) is 23.0 Å². The van der Waals surface area contributed by atoms with Crippen molar-refractivity contribution in [3.05, 3.63) is 48.4 Å². The molecule has 0 unspecified atom stereocenters. The summed E-state index contributed by atoms with van der Waals surface area (Å²) in [5.74, 6) is 2.83. The Bertz CT molecular complexity index is 1000. The second-order valence-corrected chi connectivity index (χ2v) is 6.49. The Morgan fingerprint density at radius 3 is 2.32 bits per heavy atom. The summed E-state index contributed by atoms with van der Waals surface area (Å²) in [7, 11) is 4.71. The average Bonchev–Trinajstić information content (AvgIpc) is 3.29. The predicted molar refractivity (Wildman–Crippen MR) is 112 cm³/mol. The van der Waals surface area contributed by atoms with Crippen LogP contribution in [0.5, 0.6) is 23.0 Å². The van der Waals surface area contributed by atoms with E-state index in [4.69, 9.17) is 23.5 Å². The molecule has 31 heavy (non-hydrogen) atoms. The van der Waals surface area contributed by atoms with E-state index in [-0.39, 0.29) is 18.3 Å². The summed E-state index contributed by atoms with van der Waals surface area (Å²) in [5, 5.41) is 6.74. The highest BCUT2D eigenvalue weighted by atomic mass is 16.5. The topological polar surface area (TPSA) is 105 Å². The number of amides is 1. The summed E-state index contributed by atoms with van der Waals surface area (Å²) in [5.41, 5.74) is 0.652. The zero-order valence-electron chi connectivity index (χ0n) is 17.9. The molecule has 9 nitrogen and oxygen atoms in total. The maximum Gasteiger partial charge on any atom is 0.261 e. The predicted octanol–water partition coefficient (Wildman–Crippen LogP) is 3.24. The lowest BCUT2D eigenvalue weighted by molar-refractivity contribution is -0.128. The van der Waals surface area contributed by atoms with E-state index in [0.29, 0.717) is 40.8 Å². The Hall–Kier alpha value is -3.75. The van der Waals surface area contributed by atoms with Crippen molar-refractivity contribution in [2.45, 2.75) is 26.0 Å². The summed E-state index contributed by atoms with van der Waals surface area (Å²) in [6, 6.07) is 12.3. The van der Waals surface area contributed by atoms with Gasteiger partial charge in [0.2, 0.25) is 11.7 Å². The number of carbonyl (C=O) groups is 1. The maximum atomic E-state index is 12.5. The van der Waals surface area contributed by atoms with E-state index in [9.17, 15) is 4.79 Å². The summed E-state index contributed by atoms with van der Waals surface area (Å²) in [6.45, 7) is 1.95. The molecule has 3 aromatic rings. The van der Waals surface area contributed by atoms with E-state index in [1.807, 2.05) is 6.92 Å². The summed E-state index contributed by atoms with van der Waals surface area (Å²) >= 11 is 0. The summed E-state index contributed by atoms with van der Waals surface area (Å²) < 4.78 is 26.7. The number of nitrogens with zero attached hydrogens (tertiary/aromatic N) is 2. The molecule has 9 heteroatoms. The number of rotatable bonds is 10. The van der Waals surface area contributed by atoms with Gasteiger partial charge in [-0.05, 0) is 42.8 Å². The molecule has 0 aliphatic carbocycles. The van der Waals surface area contributed by atoms with Gasteiger partial charge in [-0.3, -0.25) is 4.79 Å². The van der Waals surface area contributed by atoms with Crippen LogP contribution in [0.1, 0.15) is 19.2 Å². The van der Waals surface area contributed by atoms with Crippen LogP contribution in [-0.2, 0) is 11.3 Å². The molecule has 0 aliphatic rings. The Kier molecular flexibility index (Phi) is 7.31. The van der Waals surface area contributed by atoms with Crippen LogP contribution in [-0.4, -0.2) is 43.5 Å². The molecule has 1 amide bonds. The molecule has 0 radical (unpaired) electrons. The monoisotopic (exact) mass is 427 g/mol. The highest BCUT2D eigenvalue weighted by Crippen LogP contribution is 2.31. The lowest BCUT2D eigenvalue weighted by Gasteiger charge is -2.16. The van der Waals surface area contributed by atoms with Crippen LogP contribution in [0.15, 0.2) is 47.0 Å². The van der Waals surface area contributed by atoms with Gasteiger partial charge in [-0.25, -0.2) is 0 Å². The zero-order valence-corrected chi connectivity index (χ0v) is 17.9. The first-order valence-corrected chi connectivity index (χ1v) is 9.71. The number of hydrogen-bond donors (Lipinski definition) is 1. The van der Waals surface area contributed by atoms with E-state index in [0.717, 1.165) is 0 Å². The van der Waals surface area contributed by atoms with Crippen LogP contribution in [0.4, 0.5) is 0 Å². The molecule has 0 aliphatic heterocycles. The fraction of sp³-hybridized carbons (Fsp3) is 0.318. The minimum absolute atomic E-state index is 0.0762. The molecule has 0 saturated carbocycles. The van der Waals surface area contributed by atoms with Gasteiger partial charge in [0.05, 0.1) is 33.4 Å². The van der Waals surface area contributed by atoms with Crippen molar-refractivity contribution in [3.8, 4) is 34.4 Å². The quantitative estimate of drug-likeness (QED) is 0.526. The summed E-state index contributed by atoms with van der Waals surface area (Å²) in [6.07, 6.45) is -0.159. The molecule has 1 aromatic heterocycles. The van der Waals surface area contributed by atoms with E-state index >= 15 is 0 Å². The van der Waals surface area contributed by atoms with Crippen molar-refractivity contribution in [2.24, 2.45) is 0 Å². The minimum Gasteiger partial charge on any atom is -0.497 e. The average molecular weight is 427 g/mol. The molecule has 3 rings (SSSR count). The number of benzene rings is 2. The molecule has 0 bridgehead atoms. The van der Waals surface area contributed by atoms with Gasteiger partial charge in [-0.15, -0.1) is 0 Å². The van der Waals surface area contributed by atoms with Crippen LogP contribution in [0, 0.1) is 0 Å². The number of methoxy groups -OCH3 is 3. The molecule has 0 spiro atoms. The standard InChI is InChI=1S/C22H25N3O6/c1-5-18(30-15-8-6-14(27-2)7-9-15)22(26)23-13-20-24-21(25-31-20)17-11-10-16(28-3)12-19(17)29-4/h6-12,18H,5,13H2,1-4H3,(H,23,26)/t18-/m1/s1. The summed E-state index contributed by atoms with van der Waals surface area (Å²) in [4.78, 5) is 16.9. The van der Waals surface area contributed by atoms with Crippen molar-refractivity contribution in [3.63, 3.8) is 0 Å². The van der Waals surface area contributed by atoms with Gasteiger partial charge >= 0.3 is 0 Å². The maximum absolute atomic E-state index is 12.5. The molecule has 0 fully saturated rings. The number of nitrogens with one attached hydrogen (secondary N) is 1. The van der Waals surface area contributed by atoms with Crippen molar-refractivity contribution in [1.29, 1.82) is 0 Å². The van der Waals surface area contributed by atoms with Crippen molar-refractivity contribution in [2.75, 3.05) is 21.3 Å². The van der Waals surface area contributed by atoms with Gasteiger partial charge in [0, 0.05) is 6.07 Å². The highest BCUT2D eigenvalue weighted by molar-refractivity contribution is 5.81. The lowest BCUT2D eigenvalue weighted by atomic mass is 10.2. The van der Waals surface area contributed by atoms with Gasteiger partial charge in [-0.1, -0.05) is 12.1 Å². The van der Waals surface area contributed by atoms with Crippen molar-refractivity contribution < 1.29 is 28.3 Å². The fourth-order valence-electron chi connectivity index (χ4n) is 2.84. The molecule has 1 heterocycles. The second-order valence-electron chi connectivity index (χ2n) is 6.49. The van der Waals surface area contributed by atoms with Crippen LogP contribution in [0.3, 0.4) is 0 Å². The fourth-order valence-corrected chi connectivity index (χ4v) is 2.84. The van der Waals surface area contributed by atoms with Crippen LogP contribution < -0.4 is 24.3 Å². The SMILES string of the molecule is CC[C@@H](Oc1ccc(OC)cc1)C(=O)NCc1nc(-c2ccc(OC)cc2OC)no1. The zero-order chi connectivity index (χ0) is 22.2. The van der Waals surface area contributed by atoms with Gasteiger partial charge in [-0.2, -0.15) is 4.98 Å². The van der Waals surface area contributed by atoms with Crippen molar-refractivity contribution >= 4 is 5.91 Å². The molecule has 1 atom stereocenters. The first-order valence-electron chi connectivity index (χ1n) is 9.71. The van der Waals surface area contributed by atoms with Gasteiger partial charge in [0.25, 0.3) is 5.91 Å². The van der Waals surface area contributed by atoms with Crippen LogP contribution in [0.2, 0.25) is 0 Å². The number of hydrogen-bond acceptors (Lipinski definition) is 8. The minimum atomic E-state index is -0.655. The third kappa shape index (κ3) is 5.44. The van der Waals surface area contributed by atoms with Crippen LogP contribution in [0.25, 0.3) is 11.4 Å². The van der Waals surface area contributed by atoms with Crippen molar-refractivity contribution in [1.82, 2.24) is 15.5 Å². The van der Waals surface area contributed by atoms with E-state index in [1.165, 1.54) is 0 Å². The molecule has 0 saturated heterocycles. The third-order valence-electron chi connectivity index (χ3n) is 4.53. The Morgan fingerprint density at radius 2 is 1.68 bits per heavy atom. The van der Waals surface area contributed by atoms with E-state index in [1.54, 1.807) is 63.8 Å². The highest BCUT2D eigenvalue weighted by Gasteiger charge is 2.20. The Morgan fingerprint density at radius 1 is 1.00 bits per heavy atom. The first kappa shape index (κ1) is 21.9. The van der Waals surface area contributed by atoms with Gasteiger partial charge in [0.15, 0.2) is 6.10 Å². The van der Waals surface area contributed by atoms with Gasteiger partial charge < -0.3 is 28.8 Å². The first-order chi connectivity index (χ1) is 15.1. The largest absolute Gasteiger partial charge is 0.497 e. The molecular formula is C22H25N3O6. The Balaban J connectivity index is 1.62. The number of ether oxygens (including phenoxy) is 4.